The normalized spacial score (nSPS) is 21.7. The second-order valence-corrected chi connectivity index (χ2v) is 5.11. The first kappa shape index (κ1) is 14.3. The zero-order valence-electron chi connectivity index (χ0n) is 11.4. The number of halogens is 1. The molecule has 0 amide bonds. The number of aliphatic hydroxyl groups excluding tert-OH is 1. The Kier molecular flexibility index (Phi) is 5.16. The van der Waals surface area contributed by atoms with Gasteiger partial charge < -0.3 is 15.2 Å². The molecule has 1 fully saturated rings. The minimum absolute atomic E-state index is 0.252. The molecule has 2 rings (SSSR count). The minimum atomic E-state index is -0.827. The molecular formula is C15H22FNO2. The lowest BCUT2D eigenvalue weighted by atomic mass is 9.98. The number of rotatable bonds is 4. The van der Waals surface area contributed by atoms with Gasteiger partial charge in [0.2, 0.25) is 0 Å². The maximum Gasteiger partial charge on any atom is 0.132 e. The first-order chi connectivity index (χ1) is 9.22. The zero-order valence-corrected chi connectivity index (χ0v) is 11.4. The minimum Gasteiger partial charge on any atom is -0.496 e. The van der Waals surface area contributed by atoms with E-state index in [-0.39, 0.29) is 11.6 Å². The monoisotopic (exact) mass is 267 g/mol. The van der Waals surface area contributed by atoms with Gasteiger partial charge in [-0.15, -0.1) is 0 Å². The fourth-order valence-electron chi connectivity index (χ4n) is 2.71. The molecule has 2 N–H and O–H groups in total. The Morgan fingerprint density at radius 2 is 2.26 bits per heavy atom. The number of aliphatic hydroxyl groups is 1. The summed E-state index contributed by atoms with van der Waals surface area (Å²) >= 11 is 0. The number of methoxy groups -OCH3 is 1. The third-order valence-corrected chi connectivity index (χ3v) is 3.74. The van der Waals surface area contributed by atoms with Crippen molar-refractivity contribution in [3.63, 3.8) is 0 Å². The number of nitrogens with one attached hydrogen (secondary N) is 1. The number of hydrogen-bond acceptors (Lipinski definition) is 3. The lowest BCUT2D eigenvalue weighted by Gasteiger charge is -2.21. The standard InChI is InChI=1S/C15H22FNO2/c1-19-14-8-5-7-12(16)15(14)13(18)10-11-6-3-2-4-9-17-11/h5,7-8,11,13,17-18H,2-4,6,9-10H2,1H3. The summed E-state index contributed by atoms with van der Waals surface area (Å²) < 4.78 is 19.0. The van der Waals surface area contributed by atoms with Crippen molar-refractivity contribution in [2.45, 2.75) is 44.2 Å². The van der Waals surface area contributed by atoms with Crippen LogP contribution in [0.1, 0.15) is 43.8 Å². The van der Waals surface area contributed by atoms with E-state index in [1.54, 1.807) is 12.1 Å². The highest BCUT2D eigenvalue weighted by atomic mass is 19.1. The smallest absolute Gasteiger partial charge is 0.132 e. The fourth-order valence-corrected chi connectivity index (χ4v) is 2.71. The van der Waals surface area contributed by atoms with Crippen molar-refractivity contribution >= 4 is 0 Å². The zero-order chi connectivity index (χ0) is 13.7. The predicted octanol–water partition coefficient (Wildman–Crippen LogP) is 2.79. The highest BCUT2D eigenvalue weighted by molar-refractivity contribution is 5.36. The van der Waals surface area contributed by atoms with Gasteiger partial charge in [0.05, 0.1) is 18.8 Å². The van der Waals surface area contributed by atoms with Gasteiger partial charge in [0.15, 0.2) is 0 Å². The first-order valence-corrected chi connectivity index (χ1v) is 6.96. The van der Waals surface area contributed by atoms with Crippen LogP contribution in [0.25, 0.3) is 0 Å². The molecule has 2 atom stereocenters. The van der Waals surface area contributed by atoms with E-state index in [0.717, 1.165) is 13.0 Å². The Bertz CT molecular complexity index is 403. The van der Waals surface area contributed by atoms with Crippen molar-refractivity contribution in [3.8, 4) is 5.75 Å². The Morgan fingerprint density at radius 1 is 1.42 bits per heavy atom. The molecule has 0 aromatic heterocycles. The van der Waals surface area contributed by atoms with Crippen LogP contribution in [0.3, 0.4) is 0 Å². The Labute approximate surface area is 113 Å². The molecule has 0 aliphatic carbocycles. The van der Waals surface area contributed by atoms with Crippen molar-refractivity contribution in [2.24, 2.45) is 0 Å². The molecule has 0 saturated carbocycles. The molecule has 3 nitrogen and oxygen atoms in total. The van der Waals surface area contributed by atoms with Gasteiger partial charge in [-0.2, -0.15) is 0 Å². The summed E-state index contributed by atoms with van der Waals surface area (Å²) in [6.07, 6.45) is 4.30. The average Bonchev–Trinajstić information content (AvgIpc) is 2.66. The van der Waals surface area contributed by atoms with Crippen LogP contribution in [0.2, 0.25) is 0 Å². The summed E-state index contributed by atoms with van der Waals surface area (Å²) in [7, 11) is 1.49. The molecule has 0 bridgehead atoms. The molecule has 106 valence electrons. The number of ether oxygens (including phenoxy) is 1. The molecule has 0 radical (unpaired) electrons. The van der Waals surface area contributed by atoms with Gasteiger partial charge in [0.1, 0.15) is 11.6 Å². The summed E-state index contributed by atoms with van der Waals surface area (Å²) in [6.45, 7) is 0.978. The van der Waals surface area contributed by atoms with Crippen LogP contribution in [0.4, 0.5) is 4.39 Å². The molecule has 19 heavy (non-hydrogen) atoms. The second kappa shape index (κ2) is 6.87. The van der Waals surface area contributed by atoms with Gasteiger partial charge in [0.25, 0.3) is 0 Å². The molecule has 0 spiro atoms. The first-order valence-electron chi connectivity index (χ1n) is 6.96. The van der Waals surface area contributed by atoms with E-state index < -0.39 is 11.9 Å². The van der Waals surface area contributed by atoms with E-state index in [1.807, 2.05) is 0 Å². The van der Waals surface area contributed by atoms with E-state index in [4.69, 9.17) is 4.74 Å². The number of hydrogen-bond donors (Lipinski definition) is 2. The summed E-state index contributed by atoms with van der Waals surface area (Å²) in [6, 6.07) is 4.89. The van der Waals surface area contributed by atoms with Gasteiger partial charge in [-0.3, -0.25) is 0 Å². The van der Waals surface area contributed by atoms with E-state index in [2.05, 4.69) is 5.32 Å². The van der Waals surface area contributed by atoms with Crippen LogP contribution in [0.5, 0.6) is 5.75 Å². The summed E-state index contributed by atoms with van der Waals surface area (Å²) in [5.74, 6) is 0.0154. The summed E-state index contributed by atoms with van der Waals surface area (Å²) in [4.78, 5) is 0. The van der Waals surface area contributed by atoms with E-state index in [9.17, 15) is 9.50 Å². The quantitative estimate of drug-likeness (QED) is 0.881. The van der Waals surface area contributed by atoms with Crippen LogP contribution in [0.15, 0.2) is 18.2 Å². The van der Waals surface area contributed by atoms with Crippen LogP contribution < -0.4 is 10.1 Å². The third kappa shape index (κ3) is 3.67. The van der Waals surface area contributed by atoms with Gasteiger partial charge in [-0.1, -0.05) is 18.9 Å². The van der Waals surface area contributed by atoms with Crippen molar-refractivity contribution in [3.05, 3.63) is 29.6 Å². The Hall–Kier alpha value is -1.13. The molecule has 2 unspecified atom stereocenters. The van der Waals surface area contributed by atoms with Gasteiger partial charge >= 0.3 is 0 Å². The largest absolute Gasteiger partial charge is 0.496 e. The molecule has 1 aliphatic rings. The second-order valence-electron chi connectivity index (χ2n) is 5.11. The summed E-state index contributed by atoms with van der Waals surface area (Å²) in [5, 5.41) is 13.7. The van der Waals surface area contributed by atoms with Crippen LogP contribution in [0, 0.1) is 5.82 Å². The highest BCUT2D eigenvalue weighted by Crippen LogP contribution is 2.31. The maximum absolute atomic E-state index is 13.9. The molecule has 1 saturated heterocycles. The number of benzene rings is 1. The molecule has 1 aliphatic heterocycles. The topological polar surface area (TPSA) is 41.5 Å². The predicted molar refractivity (Wildman–Crippen MR) is 72.8 cm³/mol. The molecule has 4 heteroatoms. The fraction of sp³-hybridized carbons (Fsp3) is 0.600. The lowest BCUT2D eigenvalue weighted by Crippen LogP contribution is -2.30. The van der Waals surface area contributed by atoms with Crippen molar-refractivity contribution in [2.75, 3.05) is 13.7 Å². The van der Waals surface area contributed by atoms with Gasteiger partial charge in [-0.05, 0) is 37.9 Å². The average molecular weight is 267 g/mol. The Balaban J connectivity index is 2.08. The lowest BCUT2D eigenvalue weighted by molar-refractivity contribution is 0.142. The molecular weight excluding hydrogens is 245 g/mol. The van der Waals surface area contributed by atoms with Crippen LogP contribution in [-0.2, 0) is 0 Å². The maximum atomic E-state index is 13.9. The van der Waals surface area contributed by atoms with E-state index in [0.29, 0.717) is 12.2 Å². The third-order valence-electron chi connectivity index (χ3n) is 3.74. The van der Waals surface area contributed by atoms with E-state index in [1.165, 1.54) is 32.4 Å². The van der Waals surface area contributed by atoms with Crippen LogP contribution >= 0.6 is 0 Å². The highest BCUT2D eigenvalue weighted by Gasteiger charge is 2.22. The SMILES string of the molecule is COc1cccc(F)c1C(O)CC1CCCCCN1. The van der Waals surface area contributed by atoms with Crippen molar-refractivity contribution in [1.82, 2.24) is 5.32 Å². The molecule has 1 aromatic carbocycles. The Morgan fingerprint density at radius 3 is 3.05 bits per heavy atom. The van der Waals surface area contributed by atoms with Gasteiger partial charge in [0, 0.05) is 6.04 Å². The summed E-state index contributed by atoms with van der Waals surface area (Å²) in [5.41, 5.74) is 0.274. The van der Waals surface area contributed by atoms with Crippen molar-refractivity contribution < 1.29 is 14.2 Å². The molecule has 1 heterocycles. The van der Waals surface area contributed by atoms with Crippen molar-refractivity contribution in [1.29, 1.82) is 0 Å². The molecule has 1 aromatic rings. The van der Waals surface area contributed by atoms with Crippen LogP contribution in [-0.4, -0.2) is 24.8 Å². The van der Waals surface area contributed by atoms with E-state index >= 15 is 0 Å². The van der Waals surface area contributed by atoms with Gasteiger partial charge in [-0.25, -0.2) is 4.39 Å².